The molecule has 1 fully saturated rings. The molecule has 1 aromatic carbocycles. The molecule has 1 unspecified atom stereocenters. The second-order valence-electron chi connectivity index (χ2n) is 5.57. The van der Waals surface area contributed by atoms with Crippen LogP contribution in [-0.4, -0.2) is 16.2 Å². The van der Waals surface area contributed by atoms with Gasteiger partial charge in [-0.1, -0.05) is 22.9 Å². The van der Waals surface area contributed by atoms with Crippen LogP contribution in [0.3, 0.4) is 0 Å². The molecule has 2 nitrogen and oxygen atoms in total. The largest absolute Gasteiger partial charge is 0.411 e. The molecular weight excluding hydrogens is 254 g/mol. The van der Waals surface area contributed by atoms with Gasteiger partial charge in [-0.25, -0.2) is 0 Å². The van der Waals surface area contributed by atoms with E-state index >= 15 is 0 Å². The molecule has 0 spiro atoms. The molecule has 2 rings (SSSR count). The summed E-state index contributed by atoms with van der Waals surface area (Å²) in [5.74, 6) is 1.07. The van der Waals surface area contributed by atoms with Crippen LogP contribution >= 0.6 is 11.8 Å². The molecule has 0 bridgehead atoms. The predicted molar refractivity (Wildman–Crippen MR) is 83.4 cm³/mol. The number of thioether (sulfide) groups is 1. The number of rotatable bonds is 3. The molecular formula is C16H23NOS. The summed E-state index contributed by atoms with van der Waals surface area (Å²) in [4.78, 5) is 0. The van der Waals surface area contributed by atoms with Gasteiger partial charge in [-0.3, -0.25) is 0 Å². The fraction of sp³-hybridized carbons (Fsp3) is 0.562. The van der Waals surface area contributed by atoms with Gasteiger partial charge in [0.1, 0.15) is 0 Å². The van der Waals surface area contributed by atoms with E-state index in [0.717, 1.165) is 30.7 Å². The molecule has 1 N–H and O–H groups in total. The first-order chi connectivity index (χ1) is 9.10. The van der Waals surface area contributed by atoms with Gasteiger partial charge in [-0.2, -0.15) is 11.8 Å². The Bertz CT molecular complexity index is 459. The number of aryl methyl sites for hydroxylation is 3. The van der Waals surface area contributed by atoms with Crippen molar-refractivity contribution < 1.29 is 5.21 Å². The van der Waals surface area contributed by atoms with E-state index in [2.05, 4.69) is 38.1 Å². The molecule has 1 atom stereocenters. The summed E-state index contributed by atoms with van der Waals surface area (Å²) in [6.45, 7) is 6.57. The van der Waals surface area contributed by atoms with Crippen LogP contribution in [0, 0.1) is 20.8 Å². The standard InChI is InChI=1S/C16H23NOS/c1-11-7-12(2)16(13(3)8-11)10-19-15-6-4-5-14(9-15)17-18/h7-8,15,18H,4-6,9-10H2,1-3H3/b17-14-. The number of hydrogen-bond acceptors (Lipinski definition) is 3. The highest BCUT2D eigenvalue weighted by Crippen LogP contribution is 2.31. The lowest BCUT2D eigenvalue weighted by atomic mass is 9.98. The molecule has 19 heavy (non-hydrogen) atoms. The van der Waals surface area contributed by atoms with Crippen molar-refractivity contribution in [3.8, 4) is 0 Å². The first kappa shape index (κ1) is 14.4. The van der Waals surface area contributed by atoms with Crippen molar-refractivity contribution >= 4 is 17.5 Å². The van der Waals surface area contributed by atoms with Crippen LogP contribution in [0.4, 0.5) is 0 Å². The minimum Gasteiger partial charge on any atom is -0.411 e. The zero-order valence-corrected chi connectivity index (χ0v) is 12.9. The number of benzene rings is 1. The van der Waals surface area contributed by atoms with E-state index in [9.17, 15) is 0 Å². The maximum absolute atomic E-state index is 8.89. The number of hydrogen-bond donors (Lipinski definition) is 1. The molecule has 0 amide bonds. The summed E-state index contributed by atoms with van der Waals surface area (Å²) in [5.41, 5.74) is 6.59. The van der Waals surface area contributed by atoms with E-state index in [1.165, 1.54) is 28.7 Å². The highest BCUT2D eigenvalue weighted by atomic mass is 32.2. The summed E-state index contributed by atoms with van der Waals surface area (Å²) in [6.07, 6.45) is 4.32. The Labute approximate surface area is 120 Å². The van der Waals surface area contributed by atoms with Crippen molar-refractivity contribution in [1.82, 2.24) is 0 Å². The lowest BCUT2D eigenvalue weighted by Crippen LogP contribution is -2.17. The van der Waals surface area contributed by atoms with Crippen LogP contribution in [-0.2, 0) is 5.75 Å². The highest BCUT2D eigenvalue weighted by molar-refractivity contribution is 7.99. The molecule has 1 aromatic rings. The van der Waals surface area contributed by atoms with E-state index in [0.29, 0.717) is 5.25 Å². The second-order valence-corrected chi connectivity index (χ2v) is 6.86. The zero-order chi connectivity index (χ0) is 13.8. The SMILES string of the molecule is Cc1cc(C)c(CSC2CCC/C(=N/O)C2)c(C)c1. The predicted octanol–water partition coefficient (Wildman–Crippen LogP) is 4.62. The van der Waals surface area contributed by atoms with E-state index in [1.807, 2.05) is 11.8 Å². The van der Waals surface area contributed by atoms with Crippen LogP contribution in [0.2, 0.25) is 0 Å². The molecule has 1 aliphatic carbocycles. The molecule has 0 saturated heterocycles. The molecule has 0 radical (unpaired) electrons. The lowest BCUT2D eigenvalue weighted by Gasteiger charge is -2.22. The van der Waals surface area contributed by atoms with Crippen LogP contribution in [0.25, 0.3) is 0 Å². The van der Waals surface area contributed by atoms with Gasteiger partial charge < -0.3 is 5.21 Å². The Morgan fingerprint density at radius 3 is 2.58 bits per heavy atom. The van der Waals surface area contributed by atoms with Gasteiger partial charge in [0, 0.05) is 17.4 Å². The van der Waals surface area contributed by atoms with Crippen molar-refractivity contribution in [2.45, 2.75) is 57.5 Å². The first-order valence-corrected chi connectivity index (χ1v) is 8.03. The van der Waals surface area contributed by atoms with Crippen LogP contribution in [0.15, 0.2) is 17.3 Å². The minimum absolute atomic E-state index is 0.611. The summed E-state index contributed by atoms with van der Waals surface area (Å²) >= 11 is 2.01. The monoisotopic (exact) mass is 277 g/mol. The average molecular weight is 277 g/mol. The third kappa shape index (κ3) is 3.75. The van der Waals surface area contributed by atoms with Crippen LogP contribution < -0.4 is 0 Å². The number of oxime groups is 1. The normalized spacial score (nSPS) is 21.8. The molecule has 104 valence electrons. The van der Waals surface area contributed by atoms with Gasteiger partial charge in [-0.15, -0.1) is 0 Å². The topological polar surface area (TPSA) is 32.6 Å². The van der Waals surface area contributed by atoms with Gasteiger partial charge in [0.25, 0.3) is 0 Å². The molecule has 0 aliphatic heterocycles. The van der Waals surface area contributed by atoms with Gasteiger partial charge >= 0.3 is 0 Å². The zero-order valence-electron chi connectivity index (χ0n) is 12.1. The van der Waals surface area contributed by atoms with Crippen molar-refractivity contribution in [3.05, 3.63) is 34.4 Å². The fourth-order valence-electron chi connectivity index (χ4n) is 2.87. The van der Waals surface area contributed by atoms with E-state index in [4.69, 9.17) is 5.21 Å². The molecule has 1 saturated carbocycles. The molecule has 0 aromatic heterocycles. The Kier molecular flexibility index (Phi) is 4.92. The smallest absolute Gasteiger partial charge is 0.0581 e. The van der Waals surface area contributed by atoms with Gasteiger partial charge in [0.05, 0.1) is 5.71 Å². The van der Waals surface area contributed by atoms with Crippen molar-refractivity contribution in [1.29, 1.82) is 0 Å². The summed E-state index contributed by atoms with van der Waals surface area (Å²) in [6, 6.07) is 4.54. The third-order valence-electron chi connectivity index (χ3n) is 3.90. The van der Waals surface area contributed by atoms with Crippen LogP contribution in [0.1, 0.15) is 47.9 Å². The van der Waals surface area contributed by atoms with Crippen molar-refractivity contribution in [3.63, 3.8) is 0 Å². The summed E-state index contributed by atoms with van der Waals surface area (Å²) in [5, 5.41) is 12.9. The molecule has 3 heteroatoms. The summed E-state index contributed by atoms with van der Waals surface area (Å²) < 4.78 is 0. The minimum atomic E-state index is 0.611. The maximum atomic E-state index is 8.89. The van der Waals surface area contributed by atoms with Crippen molar-refractivity contribution in [2.24, 2.45) is 5.16 Å². The summed E-state index contributed by atoms with van der Waals surface area (Å²) in [7, 11) is 0. The van der Waals surface area contributed by atoms with Gasteiger partial charge in [0.15, 0.2) is 0 Å². The molecule has 1 aliphatic rings. The Morgan fingerprint density at radius 1 is 1.26 bits per heavy atom. The number of nitrogens with zero attached hydrogens (tertiary/aromatic N) is 1. The van der Waals surface area contributed by atoms with Gasteiger partial charge in [-0.05, 0) is 56.7 Å². The first-order valence-electron chi connectivity index (χ1n) is 6.98. The van der Waals surface area contributed by atoms with Crippen LogP contribution in [0.5, 0.6) is 0 Å². The third-order valence-corrected chi connectivity index (χ3v) is 5.23. The lowest BCUT2D eigenvalue weighted by molar-refractivity contribution is 0.314. The quantitative estimate of drug-likeness (QED) is 0.646. The van der Waals surface area contributed by atoms with E-state index in [1.54, 1.807) is 0 Å². The Hall–Kier alpha value is -0.960. The fourth-order valence-corrected chi connectivity index (χ4v) is 4.37. The highest BCUT2D eigenvalue weighted by Gasteiger charge is 2.19. The maximum Gasteiger partial charge on any atom is 0.0581 e. The second kappa shape index (κ2) is 6.47. The van der Waals surface area contributed by atoms with Crippen molar-refractivity contribution in [2.75, 3.05) is 0 Å². The van der Waals surface area contributed by atoms with E-state index in [-0.39, 0.29) is 0 Å². The Balaban J connectivity index is 1.99. The average Bonchev–Trinajstić information content (AvgIpc) is 2.37. The Morgan fingerprint density at radius 2 is 1.95 bits per heavy atom. The van der Waals surface area contributed by atoms with Gasteiger partial charge in [0.2, 0.25) is 0 Å². The van der Waals surface area contributed by atoms with E-state index < -0.39 is 0 Å². The molecule has 0 heterocycles.